The molecule has 0 heterocycles. The van der Waals surface area contributed by atoms with Crippen LogP contribution in [0, 0.1) is 6.92 Å². The number of ether oxygens (including phenoxy) is 1. The summed E-state index contributed by atoms with van der Waals surface area (Å²) in [6.45, 7) is 2.00. The lowest BCUT2D eigenvalue weighted by molar-refractivity contribution is -0.114. The highest BCUT2D eigenvalue weighted by molar-refractivity contribution is 6.31. The van der Waals surface area contributed by atoms with Crippen LogP contribution in [0.3, 0.4) is 0 Å². The second kappa shape index (κ2) is 7.38. The van der Waals surface area contributed by atoms with E-state index in [0.29, 0.717) is 21.5 Å². The van der Waals surface area contributed by atoms with Gasteiger partial charge in [-0.3, -0.25) is 4.79 Å². The van der Waals surface area contributed by atoms with Gasteiger partial charge in [0.25, 0.3) is 0 Å². The molecule has 2 rings (SSSR count). The molecule has 0 saturated heterocycles. The molecule has 0 unspecified atom stereocenters. The van der Waals surface area contributed by atoms with Gasteiger partial charge in [-0.2, -0.15) is 0 Å². The molecule has 0 aromatic heterocycles. The minimum atomic E-state index is -0.185. The Kier molecular flexibility index (Phi) is 5.52. The normalized spacial score (nSPS) is 10.2. The van der Waals surface area contributed by atoms with Crippen LogP contribution in [0.15, 0.2) is 36.4 Å². The molecular formula is C16H16Cl2N2O2. The van der Waals surface area contributed by atoms with Gasteiger partial charge < -0.3 is 15.4 Å². The molecule has 0 saturated carbocycles. The van der Waals surface area contributed by atoms with Gasteiger partial charge in [0, 0.05) is 21.8 Å². The summed E-state index contributed by atoms with van der Waals surface area (Å²) in [4.78, 5) is 12.0. The van der Waals surface area contributed by atoms with E-state index in [1.165, 1.54) is 7.11 Å². The second-order valence-electron chi connectivity index (χ2n) is 4.71. The molecule has 2 aromatic rings. The Morgan fingerprint density at radius 2 is 1.86 bits per heavy atom. The van der Waals surface area contributed by atoms with E-state index in [1.54, 1.807) is 24.3 Å². The molecular weight excluding hydrogens is 323 g/mol. The molecule has 0 radical (unpaired) electrons. The fourth-order valence-corrected chi connectivity index (χ4v) is 2.15. The number of methoxy groups -OCH3 is 1. The first-order chi connectivity index (χ1) is 10.5. The summed E-state index contributed by atoms with van der Waals surface area (Å²) in [6, 6.07) is 10.6. The standard InChI is InChI=1S/C16H16Cl2N2O2/c1-10-7-14(15(22-2)8-13(10)18)20-16(21)9-19-12-5-3-11(17)4-6-12/h3-8,19H,9H2,1-2H3,(H,20,21). The zero-order valence-electron chi connectivity index (χ0n) is 12.2. The number of benzene rings is 2. The fraction of sp³-hybridized carbons (Fsp3) is 0.188. The highest BCUT2D eigenvalue weighted by atomic mass is 35.5. The smallest absolute Gasteiger partial charge is 0.243 e. The molecule has 0 aliphatic carbocycles. The lowest BCUT2D eigenvalue weighted by Crippen LogP contribution is -2.22. The van der Waals surface area contributed by atoms with Crippen LogP contribution < -0.4 is 15.4 Å². The number of hydrogen-bond donors (Lipinski definition) is 2. The molecule has 6 heteroatoms. The van der Waals surface area contributed by atoms with Gasteiger partial charge in [0.15, 0.2) is 0 Å². The monoisotopic (exact) mass is 338 g/mol. The van der Waals surface area contributed by atoms with Crippen LogP contribution in [0.4, 0.5) is 11.4 Å². The maximum atomic E-state index is 12.0. The molecule has 0 atom stereocenters. The predicted octanol–water partition coefficient (Wildman–Crippen LogP) is 4.36. The third-order valence-electron chi connectivity index (χ3n) is 3.05. The molecule has 0 aliphatic heterocycles. The average Bonchev–Trinajstić information content (AvgIpc) is 2.50. The van der Waals surface area contributed by atoms with E-state index in [9.17, 15) is 4.79 Å². The number of carbonyl (C=O) groups excluding carboxylic acids is 1. The Balaban J connectivity index is 2.00. The summed E-state index contributed by atoms with van der Waals surface area (Å²) >= 11 is 11.9. The van der Waals surface area contributed by atoms with Crippen molar-refractivity contribution < 1.29 is 9.53 Å². The summed E-state index contributed by atoms with van der Waals surface area (Å²) in [6.07, 6.45) is 0. The van der Waals surface area contributed by atoms with Crippen LogP contribution in [0.5, 0.6) is 5.75 Å². The molecule has 116 valence electrons. The van der Waals surface area contributed by atoms with Crippen molar-refractivity contribution in [2.75, 3.05) is 24.3 Å². The molecule has 0 bridgehead atoms. The van der Waals surface area contributed by atoms with Gasteiger partial charge in [0.05, 0.1) is 19.3 Å². The van der Waals surface area contributed by atoms with Gasteiger partial charge in [-0.1, -0.05) is 23.2 Å². The third-order valence-corrected chi connectivity index (χ3v) is 3.71. The highest BCUT2D eigenvalue weighted by Crippen LogP contribution is 2.30. The lowest BCUT2D eigenvalue weighted by Gasteiger charge is -2.13. The van der Waals surface area contributed by atoms with E-state index < -0.39 is 0 Å². The molecule has 0 fully saturated rings. The minimum absolute atomic E-state index is 0.131. The summed E-state index contributed by atoms with van der Waals surface area (Å²) in [5.41, 5.74) is 2.27. The van der Waals surface area contributed by atoms with Crippen LogP contribution in [0.1, 0.15) is 5.56 Å². The summed E-state index contributed by atoms with van der Waals surface area (Å²) in [7, 11) is 1.53. The lowest BCUT2D eigenvalue weighted by atomic mass is 10.2. The molecule has 0 spiro atoms. The zero-order chi connectivity index (χ0) is 16.1. The number of aryl methyl sites for hydroxylation is 1. The molecule has 1 amide bonds. The van der Waals surface area contributed by atoms with Crippen LogP contribution in [0.2, 0.25) is 10.0 Å². The number of hydrogen-bond acceptors (Lipinski definition) is 3. The molecule has 22 heavy (non-hydrogen) atoms. The van der Waals surface area contributed by atoms with E-state index >= 15 is 0 Å². The highest BCUT2D eigenvalue weighted by Gasteiger charge is 2.10. The number of carbonyl (C=O) groups is 1. The Morgan fingerprint density at radius 3 is 2.50 bits per heavy atom. The third kappa shape index (κ3) is 4.29. The van der Waals surface area contributed by atoms with E-state index in [2.05, 4.69) is 10.6 Å². The first kappa shape index (κ1) is 16.5. The van der Waals surface area contributed by atoms with Crippen LogP contribution in [-0.2, 0) is 4.79 Å². The Hall–Kier alpha value is -1.91. The van der Waals surface area contributed by atoms with Crippen molar-refractivity contribution in [2.24, 2.45) is 0 Å². The number of rotatable bonds is 5. The van der Waals surface area contributed by atoms with Crippen molar-refractivity contribution in [3.63, 3.8) is 0 Å². The van der Waals surface area contributed by atoms with Crippen molar-refractivity contribution in [2.45, 2.75) is 6.92 Å². The summed E-state index contributed by atoms with van der Waals surface area (Å²) in [5, 5.41) is 7.06. The first-order valence-corrected chi connectivity index (χ1v) is 7.38. The number of amides is 1. The summed E-state index contributed by atoms with van der Waals surface area (Å²) < 4.78 is 5.22. The first-order valence-electron chi connectivity index (χ1n) is 6.63. The van der Waals surface area contributed by atoms with E-state index in [0.717, 1.165) is 11.3 Å². The zero-order valence-corrected chi connectivity index (χ0v) is 13.8. The van der Waals surface area contributed by atoms with E-state index in [1.807, 2.05) is 19.1 Å². The Labute approximate surface area is 139 Å². The van der Waals surface area contributed by atoms with Gasteiger partial charge in [-0.25, -0.2) is 0 Å². The Morgan fingerprint density at radius 1 is 1.18 bits per heavy atom. The SMILES string of the molecule is COc1cc(Cl)c(C)cc1NC(=O)CNc1ccc(Cl)cc1. The molecule has 2 N–H and O–H groups in total. The minimum Gasteiger partial charge on any atom is -0.495 e. The molecule has 4 nitrogen and oxygen atoms in total. The van der Waals surface area contributed by atoms with Crippen LogP contribution >= 0.6 is 23.2 Å². The van der Waals surface area contributed by atoms with Crippen molar-refractivity contribution >= 4 is 40.5 Å². The predicted molar refractivity (Wildman–Crippen MR) is 91.3 cm³/mol. The van der Waals surface area contributed by atoms with Crippen molar-refractivity contribution in [3.05, 3.63) is 52.0 Å². The van der Waals surface area contributed by atoms with Gasteiger partial charge in [-0.15, -0.1) is 0 Å². The van der Waals surface area contributed by atoms with E-state index in [-0.39, 0.29) is 12.5 Å². The fourth-order valence-electron chi connectivity index (χ4n) is 1.87. The number of anilines is 2. The maximum absolute atomic E-state index is 12.0. The second-order valence-corrected chi connectivity index (χ2v) is 5.55. The maximum Gasteiger partial charge on any atom is 0.243 e. The topological polar surface area (TPSA) is 50.4 Å². The molecule has 0 aliphatic rings. The number of halogens is 2. The van der Waals surface area contributed by atoms with Gasteiger partial charge in [-0.05, 0) is 42.8 Å². The Bertz CT molecular complexity index is 673. The van der Waals surface area contributed by atoms with Gasteiger partial charge in [0.2, 0.25) is 5.91 Å². The van der Waals surface area contributed by atoms with Crippen molar-refractivity contribution in [1.29, 1.82) is 0 Å². The quantitative estimate of drug-likeness (QED) is 0.851. The van der Waals surface area contributed by atoms with Crippen molar-refractivity contribution in [3.8, 4) is 5.75 Å². The van der Waals surface area contributed by atoms with Crippen LogP contribution in [-0.4, -0.2) is 19.6 Å². The molecule has 2 aromatic carbocycles. The largest absolute Gasteiger partial charge is 0.495 e. The van der Waals surface area contributed by atoms with Gasteiger partial charge >= 0.3 is 0 Å². The summed E-state index contributed by atoms with van der Waals surface area (Å²) in [5.74, 6) is 0.338. The van der Waals surface area contributed by atoms with E-state index in [4.69, 9.17) is 27.9 Å². The van der Waals surface area contributed by atoms with Crippen molar-refractivity contribution in [1.82, 2.24) is 0 Å². The average molecular weight is 339 g/mol. The van der Waals surface area contributed by atoms with Crippen LogP contribution in [0.25, 0.3) is 0 Å². The van der Waals surface area contributed by atoms with Gasteiger partial charge in [0.1, 0.15) is 5.75 Å². The number of nitrogens with one attached hydrogen (secondary N) is 2.